The zero-order chi connectivity index (χ0) is 13.9. The minimum absolute atomic E-state index is 0.478. The van der Waals surface area contributed by atoms with E-state index in [1.807, 2.05) is 0 Å². The lowest BCUT2D eigenvalue weighted by Gasteiger charge is -2.41. The number of rotatable bonds is 4. The van der Waals surface area contributed by atoms with E-state index in [9.17, 15) is 0 Å². The first-order chi connectivity index (χ1) is 9.00. The van der Waals surface area contributed by atoms with E-state index in [2.05, 4.69) is 32.5 Å². The van der Waals surface area contributed by atoms with E-state index in [4.69, 9.17) is 5.73 Å². The maximum atomic E-state index is 6.02. The highest BCUT2D eigenvalue weighted by atomic mass is 32.2. The molecule has 0 aromatic carbocycles. The summed E-state index contributed by atoms with van der Waals surface area (Å²) in [5.74, 6) is 4.10. The van der Waals surface area contributed by atoms with Crippen LogP contribution in [0.5, 0.6) is 0 Å². The van der Waals surface area contributed by atoms with E-state index in [0.29, 0.717) is 5.41 Å². The van der Waals surface area contributed by atoms with Gasteiger partial charge >= 0.3 is 0 Å². The summed E-state index contributed by atoms with van der Waals surface area (Å²) in [5, 5.41) is 0.837. The summed E-state index contributed by atoms with van der Waals surface area (Å²) in [4.78, 5) is 0. The third kappa shape index (κ3) is 4.39. The summed E-state index contributed by atoms with van der Waals surface area (Å²) in [7, 11) is 0. The predicted octanol–water partition coefficient (Wildman–Crippen LogP) is 4.70. The molecule has 2 fully saturated rings. The molecule has 3 atom stereocenters. The van der Waals surface area contributed by atoms with Gasteiger partial charge in [-0.15, -0.1) is 0 Å². The molecule has 2 saturated carbocycles. The molecule has 19 heavy (non-hydrogen) atoms. The normalized spacial score (nSPS) is 33.8. The van der Waals surface area contributed by atoms with Gasteiger partial charge in [0.15, 0.2) is 0 Å². The van der Waals surface area contributed by atoms with Crippen molar-refractivity contribution in [1.29, 1.82) is 0 Å². The van der Waals surface area contributed by atoms with Crippen LogP contribution in [0.3, 0.4) is 0 Å². The quantitative estimate of drug-likeness (QED) is 0.809. The van der Waals surface area contributed by atoms with Gasteiger partial charge < -0.3 is 5.73 Å². The number of nitrogens with two attached hydrogens (primary N) is 1. The first kappa shape index (κ1) is 15.7. The minimum atomic E-state index is 0.478. The summed E-state index contributed by atoms with van der Waals surface area (Å²) in [6, 6.07) is 0. The molecule has 3 unspecified atom stereocenters. The van der Waals surface area contributed by atoms with E-state index < -0.39 is 0 Å². The molecule has 0 saturated heterocycles. The first-order valence-corrected chi connectivity index (χ1v) is 9.37. The van der Waals surface area contributed by atoms with Crippen molar-refractivity contribution in [3.8, 4) is 0 Å². The fourth-order valence-electron chi connectivity index (χ4n) is 3.89. The average Bonchev–Trinajstić information content (AvgIpc) is 2.88. The molecule has 2 heteroatoms. The second-order valence-electron chi connectivity index (χ2n) is 7.89. The van der Waals surface area contributed by atoms with Crippen molar-refractivity contribution < 1.29 is 0 Å². The number of hydrogen-bond acceptors (Lipinski definition) is 2. The van der Waals surface area contributed by atoms with E-state index >= 15 is 0 Å². The Morgan fingerprint density at radius 1 is 1.05 bits per heavy atom. The molecule has 0 heterocycles. The smallest absolute Gasteiger partial charge is 0.00902 e. The van der Waals surface area contributed by atoms with Crippen LogP contribution >= 0.6 is 11.8 Å². The van der Waals surface area contributed by atoms with E-state index in [0.717, 1.165) is 29.5 Å². The van der Waals surface area contributed by atoms with Crippen LogP contribution in [0.15, 0.2) is 0 Å². The molecular weight excluding hydrogens is 250 g/mol. The van der Waals surface area contributed by atoms with Gasteiger partial charge in [0.1, 0.15) is 0 Å². The molecule has 1 nitrogen and oxygen atoms in total. The summed E-state index contributed by atoms with van der Waals surface area (Å²) in [5.41, 5.74) is 6.50. The Kier molecular flexibility index (Phi) is 5.65. The monoisotopic (exact) mass is 283 g/mol. The molecule has 2 N–H and O–H groups in total. The van der Waals surface area contributed by atoms with E-state index in [1.165, 1.54) is 50.7 Å². The van der Waals surface area contributed by atoms with Crippen LogP contribution < -0.4 is 5.73 Å². The second kappa shape index (κ2) is 6.85. The Morgan fingerprint density at radius 3 is 2.32 bits per heavy atom. The predicted molar refractivity (Wildman–Crippen MR) is 87.5 cm³/mol. The van der Waals surface area contributed by atoms with Crippen LogP contribution in [0, 0.1) is 23.2 Å². The van der Waals surface area contributed by atoms with Gasteiger partial charge in [0.2, 0.25) is 0 Å². The Morgan fingerprint density at radius 2 is 1.74 bits per heavy atom. The van der Waals surface area contributed by atoms with Crippen molar-refractivity contribution in [2.75, 3.05) is 12.3 Å². The van der Waals surface area contributed by atoms with Gasteiger partial charge in [-0.25, -0.2) is 0 Å². The summed E-state index contributed by atoms with van der Waals surface area (Å²) < 4.78 is 0. The Balaban J connectivity index is 1.86. The van der Waals surface area contributed by atoms with Crippen molar-refractivity contribution >= 4 is 11.8 Å². The molecule has 0 aromatic heterocycles. The van der Waals surface area contributed by atoms with Crippen LogP contribution in [0.4, 0.5) is 0 Å². The molecule has 0 spiro atoms. The molecule has 0 amide bonds. The van der Waals surface area contributed by atoms with Crippen molar-refractivity contribution in [3.63, 3.8) is 0 Å². The lowest BCUT2D eigenvalue weighted by Crippen LogP contribution is -2.37. The maximum absolute atomic E-state index is 6.02. The third-order valence-corrected chi connectivity index (χ3v) is 7.15. The van der Waals surface area contributed by atoms with Crippen LogP contribution in [-0.2, 0) is 0 Å². The molecule has 2 aliphatic rings. The number of thioether (sulfide) groups is 1. The van der Waals surface area contributed by atoms with E-state index in [1.54, 1.807) is 0 Å². The van der Waals surface area contributed by atoms with Crippen LogP contribution in [0.1, 0.15) is 65.7 Å². The summed E-state index contributed by atoms with van der Waals surface area (Å²) in [6.45, 7) is 8.15. The molecule has 0 bridgehead atoms. The lowest BCUT2D eigenvalue weighted by atomic mass is 9.69. The average molecular weight is 284 g/mol. The summed E-state index contributed by atoms with van der Waals surface area (Å²) >= 11 is 2.27. The van der Waals surface area contributed by atoms with Gasteiger partial charge in [-0.1, -0.05) is 33.6 Å². The Labute approximate surface area is 124 Å². The molecule has 0 aliphatic heterocycles. The zero-order valence-electron chi connectivity index (χ0n) is 13.2. The van der Waals surface area contributed by atoms with Crippen LogP contribution in [-0.4, -0.2) is 17.5 Å². The van der Waals surface area contributed by atoms with Crippen molar-refractivity contribution in [2.45, 2.75) is 71.0 Å². The highest BCUT2D eigenvalue weighted by Gasteiger charge is 2.35. The Bertz CT molecular complexity index is 265. The van der Waals surface area contributed by atoms with Gasteiger partial charge in [0.05, 0.1) is 0 Å². The molecular formula is C17H33NS. The molecule has 0 aromatic rings. The van der Waals surface area contributed by atoms with Gasteiger partial charge in [-0.3, -0.25) is 0 Å². The SMILES string of the molecule is CC(C)(C)C1CCC(CN)C(SCC2CCCC2)C1. The van der Waals surface area contributed by atoms with E-state index in [-0.39, 0.29) is 0 Å². The van der Waals surface area contributed by atoms with Gasteiger partial charge in [-0.2, -0.15) is 11.8 Å². The minimum Gasteiger partial charge on any atom is -0.330 e. The lowest BCUT2D eigenvalue weighted by molar-refractivity contribution is 0.157. The number of hydrogen-bond donors (Lipinski definition) is 1. The molecule has 112 valence electrons. The van der Waals surface area contributed by atoms with Crippen LogP contribution in [0.25, 0.3) is 0 Å². The van der Waals surface area contributed by atoms with Gasteiger partial charge in [0, 0.05) is 5.25 Å². The molecule has 2 aliphatic carbocycles. The first-order valence-electron chi connectivity index (χ1n) is 8.32. The summed E-state index contributed by atoms with van der Waals surface area (Å²) in [6.07, 6.45) is 10.1. The Hall–Kier alpha value is 0.310. The van der Waals surface area contributed by atoms with Crippen molar-refractivity contribution in [1.82, 2.24) is 0 Å². The zero-order valence-corrected chi connectivity index (χ0v) is 14.0. The molecule has 2 rings (SSSR count). The van der Waals surface area contributed by atoms with Crippen molar-refractivity contribution in [3.05, 3.63) is 0 Å². The van der Waals surface area contributed by atoms with Gasteiger partial charge in [-0.05, 0) is 67.6 Å². The standard InChI is InChI=1S/C17H33NS/c1-17(2,3)15-9-8-14(11-18)16(10-15)19-12-13-6-4-5-7-13/h13-16H,4-12,18H2,1-3H3. The van der Waals surface area contributed by atoms with Gasteiger partial charge in [0.25, 0.3) is 0 Å². The fraction of sp³-hybridized carbons (Fsp3) is 1.00. The van der Waals surface area contributed by atoms with Crippen LogP contribution in [0.2, 0.25) is 0 Å². The third-order valence-electron chi connectivity index (χ3n) is 5.48. The second-order valence-corrected chi connectivity index (χ2v) is 9.17. The fourth-order valence-corrected chi connectivity index (χ4v) is 5.63. The highest BCUT2D eigenvalue weighted by Crippen LogP contribution is 2.44. The largest absolute Gasteiger partial charge is 0.330 e. The molecule has 0 radical (unpaired) electrons. The topological polar surface area (TPSA) is 26.0 Å². The highest BCUT2D eigenvalue weighted by molar-refractivity contribution is 7.99. The van der Waals surface area contributed by atoms with Crippen molar-refractivity contribution in [2.24, 2.45) is 28.9 Å². The maximum Gasteiger partial charge on any atom is 0.00902 e.